The standard InChI is InChI=1S/C13H11BrF3NO3/c14-10-4-1-9(2-5-10)3-6-11(19)18(7-12(20)21)8-13(15,16)17/h1-6H,7-8H2,(H,20,21). The van der Waals surface area contributed by atoms with E-state index in [0.29, 0.717) is 5.56 Å². The second-order valence-corrected chi connectivity index (χ2v) is 5.00. The van der Waals surface area contributed by atoms with Crippen molar-refractivity contribution in [2.45, 2.75) is 6.18 Å². The van der Waals surface area contributed by atoms with E-state index in [0.717, 1.165) is 10.5 Å². The molecule has 0 saturated heterocycles. The van der Waals surface area contributed by atoms with Crippen LogP contribution in [0.3, 0.4) is 0 Å². The van der Waals surface area contributed by atoms with Gasteiger partial charge in [0, 0.05) is 10.5 Å². The minimum Gasteiger partial charge on any atom is -0.480 e. The molecular weight excluding hydrogens is 355 g/mol. The summed E-state index contributed by atoms with van der Waals surface area (Å²) in [6, 6.07) is 6.71. The quantitative estimate of drug-likeness (QED) is 0.816. The van der Waals surface area contributed by atoms with Gasteiger partial charge in [0.05, 0.1) is 0 Å². The molecule has 0 spiro atoms. The first-order chi connectivity index (χ1) is 9.67. The number of amides is 1. The lowest BCUT2D eigenvalue weighted by Gasteiger charge is -2.20. The van der Waals surface area contributed by atoms with E-state index in [1.807, 2.05) is 0 Å². The molecule has 114 valence electrons. The molecular formula is C13H11BrF3NO3. The second kappa shape index (κ2) is 7.26. The molecule has 0 saturated carbocycles. The SMILES string of the molecule is O=C(O)CN(CC(F)(F)F)C(=O)C=Cc1ccc(Br)cc1. The highest BCUT2D eigenvalue weighted by Gasteiger charge is 2.33. The Morgan fingerprint density at radius 2 is 1.81 bits per heavy atom. The van der Waals surface area contributed by atoms with Crippen LogP contribution in [0.15, 0.2) is 34.8 Å². The molecule has 0 unspecified atom stereocenters. The van der Waals surface area contributed by atoms with Gasteiger partial charge in [-0.1, -0.05) is 28.1 Å². The molecule has 0 fully saturated rings. The number of carboxylic acids is 1. The summed E-state index contributed by atoms with van der Waals surface area (Å²) in [6.45, 7) is -2.62. The zero-order valence-corrected chi connectivity index (χ0v) is 12.2. The molecule has 8 heteroatoms. The Morgan fingerprint density at radius 1 is 1.24 bits per heavy atom. The predicted molar refractivity (Wildman–Crippen MR) is 73.4 cm³/mol. The van der Waals surface area contributed by atoms with E-state index < -0.39 is 31.1 Å². The molecule has 4 nitrogen and oxygen atoms in total. The van der Waals surface area contributed by atoms with Crippen LogP contribution in [0.25, 0.3) is 6.08 Å². The van der Waals surface area contributed by atoms with Crippen LogP contribution in [-0.2, 0) is 9.59 Å². The van der Waals surface area contributed by atoms with Gasteiger partial charge in [-0.25, -0.2) is 0 Å². The van der Waals surface area contributed by atoms with Crippen LogP contribution in [0.2, 0.25) is 0 Å². The van der Waals surface area contributed by atoms with Crippen LogP contribution in [0.5, 0.6) is 0 Å². The van der Waals surface area contributed by atoms with Crippen LogP contribution >= 0.6 is 15.9 Å². The van der Waals surface area contributed by atoms with Gasteiger partial charge in [-0.15, -0.1) is 0 Å². The molecule has 0 bridgehead atoms. The van der Waals surface area contributed by atoms with Gasteiger partial charge in [0.1, 0.15) is 13.1 Å². The number of carbonyl (C=O) groups excluding carboxylic acids is 1. The fourth-order valence-electron chi connectivity index (χ4n) is 1.44. The van der Waals surface area contributed by atoms with Gasteiger partial charge in [0.15, 0.2) is 0 Å². The van der Waals surface area contributed by atoms with E-state index in [9.17, 15) is 22.8 Å². The Bertz CT molecular complexity index is 541. The van der Waals surface area contributed by atoms with E-state index >= 15 is 0 Å². The van der Waals surface area contributed by atoms with Crippen LogP contribution < -0.4 is 0 Å². The number of hydrogen-bond acceptors (Lipinski definition) is 2. The number of benzene rings is 1. The third-order valence-electron chi connectivity index (χ3n) is 2.30. The summed E-state index contributed by atoms with van der Waals surface area (Å²) in [5, 5.41) is 8.55. The van der Waals surface area contributed by atoms with E-state index in [1.54, 1.807) is 24.3 Å². The Kier molecular flexibility index (Phi) is 5.95. The van der Waals surface area contributed by atoms with Crippen LogP contribution in [0.1, 0.15) is 5.56 Å². The van der Waals surface area contributed by atoms with Gasteiger partial charge < -0.3 is 10.0 Å². The number of rotatable bonds is 5. The van der Waals surface area contributed by atoms with Crippen molar-refractivity contribution in [2.75, 3.05) is 13.1 Å². The molecule has 0 aliphatic carbocycles. The zero-order chi connectivity index (χ0) is 16.0. The van der Waals surface area contributed by atoms with Crippen molar-refractivity contribution in [3.05, 3.63) is 40.4 Å². The number of alkyl halides is 3. The molecule has 1 aromatic rings. The zero-order valence-electron chi connectivity index (χ0n) is 10.6. The molecule has 0 radical (unpaired) electrons. The van der Waals surface area contributed by atoms with Crippen molar-refractivity contribution in [3.8, 4) is 0 Å². The average molecular weight is 366 g/mol. The topological polar surface area (TPSA) is 57.6 Å². The monoisotopic (exact) mass is 365 g/mol. The van der Waals surface area contributed by atoms with Crippen molar-refractivity contribution in [3.63, 3.8) is 0 Å². The third kappa shape index (κ3) is 6.94. The van der Waals surface area contributed by atoms with Gasteiger partial charge in [0.2, 0.25) is 5.91 Å². The maximum Gasteiger partial charge on any atom is 0.406 e. The lowest BCUT2D eigenvalue weighted by atomic mass is 10.2. The minimum atomic E-state index is -4.66. The molecule has 0 aromatic heterocycles. The van der Waals surface area contributed by atoms with Gasteiger partial charge in [0.25, 0.3) is 0 Å². The summed E-state index contributed by atoms with van der Waals surface area (Å²) >= 11 is 3.22. The summed E-state index contributed by atoms with van der Waals surface area (Å²) in [7, 11) is 0. The molecule has 1 amide bonds. The summed E-state index contributed by atoms with van der Waals surface area (Å²) in [5.41, 5.74) is 0.605. The summed E-state index contributed by atoms with van der Waals surface area (Å²) in [4.78, 5) is 22.4. The smallest absolute Gasteiger partial charge is 0.406 e. The fraction of sp³-hybridized carbons (Fsp3) is 0.231. The van der Waals surface area contributed by atoms with E-state index in [2.05, 4.69) is 15.9 Å². The number of hydrogen-bond donors (Lipinski definition) is 1. The maximum atomic E-state index is 12.3. The van der Waals surface area contributed by atoms with Crippen molar-refractivity contribution in [1.82, 2.24) is 4.90 Å². The van der Waals surface area contributed by atoms with Crippen LogP contribution in [0, 0.1) is 0 Å². The number of carbonyl (C=O) groups is 2. The fourth-order valence-corrected chi connectivity index (χ4v) is 1.70. The maximum absolute atomic E-state index is 12.3. The lowest BCUT2D eigenvalue weighted by Crippen LogP contribution is -2.41. The van der Waals surface area contributed by atoms with Gasteiger partial charge >= 0.3 is 12.1 Å². The molecule has 1 N–H and O–H groups in total. The van der Waals surface area contributed by atoms with Crippen molar-refractivity contribution < 1.29 is 27.9 Å². The van der Waals surface area contributed by atoms with Crippen LogP contribution in [0.4, 0.5) is 13.2 Å². The summed E-state index contributed by atoms with van der Waals surface area (Å²) < 4.78 is 37.7. The predicted octanol–water partition coefficient (Wildman–Crippen LogP) is 2.94. The normalized spacial score (nSPS) is 11.6. The number of halogens is 4. The summed E-state index contributed by atoms with van der Waals surface area (Å²) in [5.74, 6) is -2.53. The lowest BCUT2D eigenvalue weighted by molar-refractivity contribution is -0.163. The Hall–Kier alpha value is -1.83. The molecule has 0 atom stereocenters. The summed E-state index contributed by atoms with van der Waals surface area (Å²) in [6.07, 6.45) is -2.42. The van der Waals surface area contributed by atoms with Crippen molar-refractivity contribution >= 4 is 33.9 Å². The molecule has 0 aliphatic rings. The highest BCUT2D eigenvalue weighted by atomic mass is 79.9. The first kappa shape index (κ1) is 17.2. The first-order valence-electron chi connectivity index (χ1n) is 5.68. The van der Waals surface area contributed by atoms with Crippen molar-refractivity contribution in [2.24, 2.45) is 0 Å². The minimum absolute atomic E-state index is 0.220. The van der Waals surface area contributed by atoms with Gasteiger partial charge in [-0.05, 0) is 23.8 Å². The molecule has 21 heavy (non-hydrogen) atoms. The highest BCUT2D eigenvalue weighted by molar-refractivity contribution is 9.10. The first-order valence-corrected chi connectivity index (χ1v) is 6.48. The van der Waals surface area contributed by atoms with E-state index in [-0.39, 0.29) is 4.90 Å². The largest absolute Gasteiger partial charge is 0.480 e. The van der Waals surface area contributed by atoms with E-state index in [1.165, 1.54) is 6.08 Å². The molecule has 1 rings (SSSR count). The average Bonchev–Trinajstić information content (AvgIpc) is 2.34. The van der Waals surface area contributed by atoms with Gasteiger partial charge in [-0.2, -0.15) is 13.2 Å². The number of carboxylic acid groups (broad SMARTS) is 1. The second-order valence-electron chi connectivity index (χ2n) is 4.09. The van der Waals surface area contributed by atoms with Crippen LogP contribution in [-0.4, -0.2) is 41.1 Å². The number of aliphatic carboxylic acids is 1. The third-order valence-corrected chi connectivity index (χ3v) is 2.82. The molecule has 0 aliphatic heterocycles. The molecule has 1 aromatic carbocycles. The highest BCUT2D eigenvalue weighted by Crippen LogP contribution is 2.17. The van der Waals surface area contributed by atoms with Gasteiger partial charge in [-0.3, -0.25) is 9.59 Å². The van der Waals surface area contributed by atoms with E-state index in [4.69, 9.17) is 5.11 Å². The number of nitrogens with zero attached hydrogens (tertiary/aromatic N) is 1. The Balaban J connectivity index is 2.80. The van der Waals surface area contributed by atoms with Crippen molar-refractivity contribution in [1.29, 1.82) is 0 Å². The Labute approximate surface area is 127 Å². The Morgan fingerprint density at radius 3 is 2.29 bits per heavy atom. The molecule has 0 heterocycles.